The molecule has 2 unspecified atom stereocenters. The van der Waals surface area contributed by atoms with E-state index in [1.165, 1.54) is 38.0 Å². The number of piperazine rings is 1. The zero-order valence-corrected chi connectivity index (χ0v) is 13.6. The molecule has 0 bridgehead atoms. The molecule has 2 atom stereocenters. The predicted molar refractivity (Wildman–Crippen MR) is 88.6 cm³/mol. The first-order chi connectivity index (χ1) is 10.1. The van der Waals surface area contributed by atoms with Crippen molar-refractivity contribution >= 4 is 11.6 Å². The maximum absolute atomic E-state index is 6.28. The Labute approximate surface area is 133 Å². The summed E-state index contributed by atoms with van der Waals surface area (Å²) in [5, 5.41) is 0.797. The van der Waals surface area contributed by atoms with Crippen LogP contribution in [-0.2, 0) is 0 Å². The largest absolute Gasteiger partial charge is 0.326 e. The smallest absolute Gasteiger partial charge is 0.0498 e. The summed E-state index contributed by atoms with van der Waals surface area (Å²) in [7, 11) is 0. The van der Waals surface area contributed by atoms with Crippen LogP contribution in [0.3, 0.4) is 0 Å². The monoisotopic (exact) mass is 307 g/mol. The van der Waals surface area contributed by atoms with E-state index in [1.54, 1.807) is 0 Å². The van der Waals surface area contributed by atoms with E-state index in [0.29, 0.717) is 0 Å². The highest BCUT2D eigenvalue weighted by Gasteiger charge is 2.30. The van der Waals surface area contributed by atoms with Crippen molar-refractivity contribution in [2.24, 2.45) is 11.7 Å². The maximum atomic E-state index is 6.28. The number of benzene rings is 1. The quantitative estimate of drug-likeness (QED) is 0.908. The molecule has 0 aromatic heterocycles. The molecule has 3 nitrogen and oxygen atoms in total. The molecule has 1 aliphatic carbocycles. The van der Waals surface area contributed by atoms with Gasteiger partial charge in [-0.15, -0.1) is 0 Å². The van der Waals surface area contributed by atoms with Gasteiger partial charge in [0.2, 0.25) is 0 Å². The molecular formula is C17H26ClN3. The molecule has 4 heteroatoms. The summed E-state index contributed by atoms with van der Waals surface area (Å²) < 4.78 is 0. The molecule has 2 fully saturated rings. The van der Waals surface area contributed by atoms with Gasteiger partial charge in [0.1, 0.15) is 0 Å². The van der Waals surface area contributed by atoms with Crippen molar-refractivity contribution in [2.45, 2.75) is 31.8 Å². The molecule has 0 amide bonds. The Morgan fingerprint density at radius 3 is 2.52 bits per heavy atom. The lowest BCUT2D eigenvalue weighted by atomic mass is 9.98. The highest BCUT2D eigenvalue weighted by atomic mass is 35.5. The topological polar surface area (TPSA) is 32.5 Å². The highest BCUT2D eigenvalue weighted by molar-refractivity contribution is 6.30. The Bertz CT molecular complexity index is 465. The minimum atomic E-state index is 0.110. The van der Waals surface area contributed by atoms with E-state index in [1.807, 2.05) is 12.1 Å². The zero-order chi connectivity index (χ0) is 14.8. The third kappa shape index (κ3) is 3.98. The van der Waals surface area contributed by atoms with E-state index >= 15 is 0 Å². The van der Waals surface area contributed by atoms with Gasteiger partial charge in [0.05, 0.1) is 0 Å². The molecule has 1 aromatic rings. The molecule has 2 aliphatic rings. The third-order valence-electron chi connectivity index (χ3n) is 4.70. The number of rotatable bonds is 5. The van der Waals surface area contributed by atoms with Crippen molar-refractivity contribution in [3.05, 3.63) is 34.9 Å². The van der Waals surface area contributed by atoms with Crippen molar-refractivity contribution in [2.75, 3.05) is 32.7 Å². The van der Waals surface area contributed by atoms with Crippen LogP contribution in [0.15, 0.2) is 24.3 Å². The lowest BCUT2D eigenvalue weighted by Crippen LogP contribution is -2.51. The van der Waals surface area contributed by atoms with Crippen LogP contribution in [-0.4, -0.2) is 48.6 Å². The fourth-order valence-corrected chi connectivity index (χ4v) is 3.63. The van der Waals surface area contributed by atoms with Crippen molar-refractivity contribution < 1.29 is 0 Å². The maximum Gasteiger partial charge on any atom is 0.0498 e. The van der Waals surface area contributed by atoms with Gasteiger partial charge in [-0.3, -0.25) is 4.90 Å². The summed E-state index contributed by atoms with van der Waals surface area (Å²) in [6.07, 6.45) is 2.87. The number of nitrogens with two attached hydrogens (primary N) is 1. The van der Waals surface area contributed by atoms with E-state index in [2.05, 4.69) is 28.9 Å². The van der Waals surface area contributed by atoms with E-state index < -0.39 is 0 Å². The van der Waals surface area contributed by atoms with Crippen LogP contribution >= 0.6 is 11.6 Å². The van der Waals surface area contributed by atoms with Gasteiger partial charge in [-0.1, -0.05) is 23.7 Å². The molecule has 1 aromatic carbocycles. The second-order valence-corrected chi connectivity index (χ2v) is 7.08. The molecule has 1 saturated heterocycles. The lowest BCUT2D eigenvalue weighted by molar-refractivity contribution is 0.0842. The first-order valence-electron chi connectivity index (χ1n) is 8.11. The summed E-state index contributed by atoms with van der Waals surface area (Å²) in [5.74, 6) is 0.980. The van der Waals surface area contributed by atoms with Crippen LogP contribution in [0.1, 0.15) is 31.4 Å². The van der Waals surface area contributed by atoms with Crippen LogP contribution in [0.5, 0.6) is 0 Å². The second-order valence-electron chi connectivity index (χ2n) is 6.64. The van der Waals surface area contributed by atoms with Crippen molar-refractivity contribution in [1.82, 2.24) is 9.80 Å². The van der Waals surface area contributed by atoms with Crippen molar-refractivity contribution in [3.8, 4) is 0 Å². The molecule has 0 spiro atoms. The number of hydrogen-bond donors (Lipinski definition) is 1. The Balaban J connectivity index is 1.64. The van der Waals surface area contributed by atoms with Crippen LogP contribution in [0, 0.1) is 5.92 Å². The zero-order valence-electron chi connectivity index (χ0n) is 12.8. The van der Waals surface area contributed by atoms with Crippen LogP contribution in [0.4, 0.5) is 0 Å². The molecule has 0 radical (unpaired) electrons. The molecule has 116 valence electrons. The molecule has 1 heterocycles. The molecule has 3 rings (SSSR count). The summed E-state index contributed by atoms with van der Waals surface area (Å²) in [4.78, 5) is 5.14. The predicted octanol–water partition coefficient (Wildman–Crippen LogP) is 2.76. The van der Waals surface area contributed by atoms with Crippen molar-refractivity contribution in [3.63, 3.8) is 0 Å². The third-order valence-corrected chi connectivity index (χ3v) is 4.94. The number of hydrogen-bond acceptors (Lipinski definition) is 3. The van der Waals surface area contributed by atoms with Crippen LogP contribution < -0.4 is 5.73 Å². The van der Waals surface area contributed by atoms with Gasteiger partial charge in [-0.05, 0) is 43.4 Å². The minimum absolute atomic E-state index is 0.110. The van der Waals surface area contributed by atoms with Crippen LogP contribution in [0.2, 0.25) is 5.02 Å². The molecule has 1 saturated carbocycles. The summed E-state index contributed by atoms with van der Waals surface area (Å²) in [6.45, 7) is 7.94. The highest BCUT2D eigenvalue weighted by Crippen LogP contribution is 2.31. The minimum Gasteiger partial charge on any atom is -0.326 e. The van der Waals surface area contributed by atoms with Gasteiger partial charge < -0.3 is 10.6 Å². The first-order valence-corrected chi connectivity index (χ1v) is 8.49. The Morgan fingerprint density at radius 1 is 1.24 bits per heavy atom. The Morgan fingerprint density at radius 2 is 1.95 bits per heavy atom. The molecular weight excluding hydrogens is 282 g/mol. The van der Waals surface area contributed by atoms with Gasteiger partial charge >= 0.3 is 0 Å². The Hall–Kier alpha value is -0.610. The SMILES string of the molecule is CC(N)C(c1cccc(Cl)c1)N1CCN(CC2CC2)CC1. The van der Waals surface area contributed by atoms with E-state index in [-0.39, 0.29) is 12.1 Å². The average molecular weight is 308 g/mol. The fraction of sp³-hybridized carbons (Fsp3) is 0.647. The second kappa shape index (κ2) is 6.66. The van der Waals surface area contributed by atoms with Gasteiger partial charge in [0.25, 0.3) is 0 Å². The first kappa shape index (κ1) is 15.3. The summed E-state index contributed by atoms with van der Waals surface area (Å²) >= 11 is 6.15. The number of nitrogens with zero attached hydrogens (tertiary/aromatic N) is 2. The normalized spacial score (nSPS) is 24.0. The van der Waals surface area contributed by atoms with Crippen molar-refractivity contribution in [1.29, 1.82) is 0 Å². The van der Waals surface area contributed by atoms with E-state index in [4.69, 9.17) is 17.3 Å². The van der Waals surface area contributed by atoms with Gasteiger partial charge in [0, 0.05) is 49.8 Å². The molecule has 1 aliphatic heterocycles. The number of halogens is 1. The Kier molecular flexibility index (Phi) is 4.85. The van der Waals surface area contributed by atoms with Gasteiger partial charge in [-0.25, -0.2) is 0 Å². The standard InChI is InChI=1S/C17H26ClN3/c1-13(19)17(15-3-2-4-16(18)11-15)21-9-7-20(8-10-21)12-14-5-6-14/h2-4,11,13-14,17H,5-10,12,19H2,1H3. The molecule has 21 heavy (non-hydrogen) atoms. The molecule has 2 N–H and O–H groups in total. The van der Waals surface area contributed by atoms with Crippen LogP contribution in [0.25, 0.3) is 0 Å². The van der Waals surface area contributed by atoms with E-state index in [0.717, 1.165) is 24.0 Å². The fourth-order valence-electron chi connectivity index (χ4n) is 3.43. The lowest BCUT2D eigenvalue weighted by Gasteiger charge is -2.41. The summed E-state index contributed by atoms with van der Waals surface area (Å²) in [6, 6.07) is 8.54. The van der Waals surface area contributed by atoms with Gasteiger partial charge in [-0.2, -0.15) is 0 Å². The van der Waals surface area contributed by atoms with E-state index in [9.17, 15) is 0 Å². The average Bonchev–Trinajstić information content (AvgIpc) is 3.25. The van der Waals surface area contributed by atoms with Gasteiger partial charge in [0.15, 0.2) is 0 Å². The summed E-state index contributed by atoms with van der Waals surface area (Å²) in [5.41, 5.74) is 7.52.